The summed E-state index contributed by atoms with van der Waals surface area (Å²) in [6.45, 7) is 4.99. The molecular formula is C24H26N2O3S. The first kappa shape index (κ1) is 20.4. The summed E-state index contributed by atoms with van der Waals surface area (Å²) in [4.78, 5) is 17.4. The topological polar surface area (TPSA) is 42.0 Å². The molecule has 0 unspecified atom stereocenters. The van der Waals surface area contributed by atoms with E-state index in [0.717, 1.165) is 38.5 Å². The molecule has 2 aromatic carbocycles. The zero-order valence-corrected chi connectivity index (χ0v) is 17.7. The molecule has 0 atom stereocenters. The molecule has 0 saturated carbocycles. The van der Waals surface area contributed by atoms with Crippen LogP contribution in [0.4, 0.5) is 0 Å². The average molecular weight is 423 g/mol. The van der Waals surface area contributed by atoms with Gasteiger partial charge in [-0.15, -0.1) is 0 Å². The molecule has 0 N–H and O–H groups in total. The molecule has 1 amide bonds. The van der Waals surface area contributed by atoms with Crippen LogP contribution in [0.5, 0.6) is 11.5 Å². The van der Waals surface area contributed by atoms with Crippen molar-refractivity contribution in [3.8, 4) is 11.5 Å². The number of thiophene rings is 1. The fourth-order valence-electron chi connectivity index (χ4n) is 3.52. The molecule has 0 radical (unpaired) electrons. The number of piperazine rings is 1. The molecule has 4 rings (SSSR count). The van der Waals surface area contributed by atoms with Crippen LogP contribution in [-0.4, -0.2) is 55.1 Å². The van der Waals surface area contributed by atoms with E-state index in [1.54, 1.807) is 11.3 Å². The van der Waals surface area contributed by atoms with E-state index in [2.05, 4.69) is 21.7 Å². The van der Waals surface area contributed by atoms with Crippen LogP contribution in [0, 0.1) is 0 Å². The summed E-state index contributed by atoms with van der Waals surface area (Å²) < 4.78 is 11.6. The van der Waals surface area contributed by atoms with Crippen molar-refractivity contribution in [1.29, 1.82) is 0 Å². The number of ether oxygens (including phenoxy) is 2. The largest absolute Gasteiger partial charge is 0.490 e. The molecule has 30 heavy (non-hydrogen) atoms. The van der Waals surface area contributed by atoms with Crippen LogP contribution in [0.3, 0.4) is 0 Å². The molecule has 3 aromatic rings. The maximum Gasteiger partial charge on any atom is 0.257 e. The highest BCUT2D eigenvalue weighted by atomic mass is 32.1. The number of hydrogen-bond acceptors (Lipinski definition) is 5. The number of amides is 1. The summed E-state index contributed by atoms with van der Waals surface area (Å²) in [6, 6.07) is 19.3. The smallest absolute Gasteiger partial charge is 0.257 e. The second kappa shape index (κ2) is 10.3. The highest BCUT2D eigenvalue weighted by molar-refractivity contribution is 7.07. The monoisotopic (exact) mass is 422 g/mol. The molecule has 0 bridgehead atoms. The first-order chi connectivity index (χ1) is 14.8. The van der Waals surface area contributed by atoms with E-state index >= 15 is 0 Å². The van der Waals surface area contributed by atoms with Crippen LogP contribution < -0.4 is 9.47 Å². The third kappa shape index (κ3) is 5.40. The average Bonchev–Trinajstić information content (AvgIpc) is 3.31. The highest BCUT2D eigenvalue weighted by Crippen LogP contribution is 2.21. The van der Waals surface area contributed by atoms with Crippen molar-refractivity contribution in [2.75, 3.05) is 39.4 Å². The molecule has 1 saturated heterocycles. The van der Waals surface area contributed by atoms with E-state index in [-0.39, 0.29) is 5.91 Å². The quantitative estimate of drug-likeness (QED) is 0.511. The summed E-state index contributed by atoms with van der Waals surface area (Å²) in [5.41, 5.74) is 1.96. The Morgan fingerprint density at radius 1 is 0.867 bits per heavy atom. The normalized spacial score (nSPS) is 14.5. The molecular weight excluding hydrogens is 396 g/mol. The van der Waals surface area contributed by atoms with Crippen molar-refractivity contribution in [1.82, 2.24) is 9.80 Å². The summed E-state index contributed by atoms with van der Waals surface area (Å²) in [5, 5.41) is 4.30. The molecule has 1 aliphatic heterocycles. The lowest BCUT2D eigenvalue weighted by atomic mass is 10.1. The maximum atomic E-state index is 13.1. The van der Waals surface area contributed by atoms with Crippen LogP contribution in [0.15, 0.2) is 71.4 Å². The van der Waals surface area contributed by atoms with E-state index in [4.69, 9.17) is 9.47 Å². The van der Waals surface area contributed by atoms with Gasteiger partial charge in [0, 0.05) is 32.7 Å². The zero-order valence-electron chi connectivity index (χ0n) is 16.9. The van der Waals surface area contributed by atoms with Gasteiger partial charge in [0.05, 0.1) is 5.56 Å². The first-order valence-corrected chi connectivity index (χ1v) is 11.2. The Kier molecular flexibility index (Phi) is 7.00. The van der Waals surface area contributed by atoms with Gasteiger partial charge < -0.3 is 14.4 Å². The standard InChI is InChI=1S/C24H26N2O3S/c27-24(26-13-11-25(12-14-26)18-20-10-17-30-19-20)22-8-4-5-9-23(22)29-16-15-28-21-6-2-1-3-7-21/h1-10,17,19H,11-16,18H2. The lowest BCUT2D eigenvalue weighted by molar-refractivity contribution is 0.0623. The SMILES string of the molecule is O=C(c1ccccc1OCCOc1ccccc1)N1CCN(Cc2ccsc2)CC1. The Morgan fingerprint density at radius 3 is 2.37 bits per heavy atom. The first-order valence-electron chi connectivity index (χ1n) is 10.2. The van der Waals surface area contributed by atoms with Crippen molar-refractivity contribution < 1.29 is 14.3 Å². The van der Waals surface area contributed by atoms with Gasteiger partial charge in [0.2, 0.25) is 0 Å². The zero-order chi connectivity index (χ0) is 20.6. The Bertz CT molecular complexity index is 923. The van der Waals surface area contributed by atoms with E-state index in [9.17, 15) is 4.79 Å². The molecule has 0 aliphatic carbocycles. The molecule has 156 valence electrons. The van der Waals surface area contributed by atoms with Gasteiger partial charge in [-0.2, -0.15) is 11.3 Å². The van der Waals surface area contributed by atoms with E-state index in [1.165, 1.54) is 5.56 Å². The molecule has 1 aromatic heterocycles. The summed E-state index contributed by atoms with van der Waals surface area (Å²) in [6.07, 6.45) is 0. The second-order valence-electron chi connectivity index (χ2n) is 7.21. The predicted octanol–water partition coefficient (Wildman–Crippen LogP) is 4.16. The van der Waals surface area contributed by atoms with Gasteiger partial charge >= 0.3 is 0 Å². The van der Waals surface area contributed by atoms with E-state index < -0.39 is 0 Å². The van der Waals surface area contributed by atoms with Gasteiger partial charge in [-0.3, -0.25) is 9.69 Å². The Morgan fingerprint density at radius 2 is 1.60 bits per heavy atom. The summed E-state index contributed by atoms with van der Waals surface area (Å²) in [5.74, 6) is 1.45. The number of hydrogen-bond donors (Lipinski definition) is 0. The maximum absolute atomic E-state index is 13.1. The van der Waals surface area contributed by atoms with Crippen LogP contribution in [-0.2, 0) is 6.54 Å². The van der Waals surface area contributed by atoms with Crippen molar-refractivity contribution in [3.05, 3.63) is 82.6 Å². The lowest BCUT2D eigenvalue weighted by Gasteiger charge is -2.34. The highest BCUT2D eigenvalue weighted by Gasteiger charge is 2.24. The Balaban J connectivity index is 1.29. The molecule has 2 heterocycles. The number of nitrogens with zero attached hydrogens (tertiary/aromatic N) is 2. The molecule has 6 heteroatoms. The Labute approximate surface area is 181 Å². The van der Waals surface area contributed by atoms with Crippen molar-refractivity contribution >= 4 is 17.2 Å². The summed E-state index contributed by atoms with van der Waals surface area (Å²) >= 11 is 1.73. The minimum absolute atomic E-state index is 0.0322. The lowest BCUT2D eigenvalue weighted by Crippen LogP contribution is -2.48. The molecule has 1 aliphatic rings. The van der Waals surface area contributed by atoms with Gasteiger partial charge in [-0.05, 0) is 46.7 Å². The molecule has 1 fully saturated rings. The van der Waals surface area contributed by atoms with Crippen molar-refractivity contribution in [2.45, 2.75) is 6.54 Å². The fourth-order valence-corrected chi connectivity index (χ4v) is 4.18. The number of carbonyl (C=O) groups excluding carboxylic acids is 1. The molecule has 0 spiro atoms. The van der Waals surface area contributed by atoms with Crippen LogP contribution >= 0.6 is 11.3 Å². The van der Waals surface area contributed by atoms with Crippen LogP contribution in [0.1, 0.15) is 15.9 Å². The van der Waals surface area contributed by atoms with Crippen LogP contribution in [0.25, 0.3) is 0 Å². The van der Waals surface area contributed by atoms with Gasteiger partial charge in [-0.25, -0.2) is 0 Å². The minimum atomic E-state index is 0.0322. The number of benzene rings is 2. The number of carbonyl (C=O) groups is 1. The Hall–Kier alpha value is -2.83. The summed E-state index contributed by atoms with van der Waals surface area (Å²) in [7, 11) is 0. The number of para-hydroxylation sites is 2. The van der Waals surface area contributed by atoms with E-state index in [0.29, 0.717) is 24.5 Å². The number of rotatable bonds is 8. The fraction of sp³-hybridized carbons (Fsp3) is 0.292. The van der Waals surface area contributed by atoms with E-state index in [1.807, 2.05) is 59.5 Å². The van der Waals surface area contributed by atoms with Crippen molar-refractivity contribution in [2.24, 2.45) is 0 Å². The predicted molar refractivity (Wildman–Crippen MR) is 119 cm³/mol. The van der Waals surface area contributed by atoms with Crippen LogP contribution in [0.2, 0.25) is 0 Å². The molecule has 5 nitrogen and oxygen atoms in total. The minimum Gasteiger partial charge on any atom is -0.490 e. The van der Waals surface area contributed by atoms with Gasteiger partial charge in [0.15, 0.2) is 0 Å². The van der Waals surface area contributed by atoms with Gasteiger partial charge in [-0.1, -0.05) is 30.3 Å². The van der Waals surface area contributed by atoms with Gasteiger partial charge in [0.25, 0.3) is 5.91 Å². The van der Waals surface area contributed by atoms with Crippen molar-refractivity contribution in [3.63, 3.8) is 0 Å². The van der Waals surface area contributed by atoms with Gasteiger partial charge in [0.1, 0.15) is 24.7 Å². The third-order valence-electron chi connectivity index (χ3n) is 5.12. The third-order valence-corrected chi connectivity index (χ3v) is 5.85. The second-order valence-corrected chi connectivity index (χ2v) is 7.99.